The van der Waals surface area contributed by atoms with E-state index in [9.17, 15) is 8.42 Å². The Balaban J connectivity index is 3.03. The van der Waals surface area contributed by atoms with E-state index in [1.54, 1.807) is 13.0 Å². The van der Waals surface area contributed by atoms with Crippen molar-refractivity contribution in [1.29, 1.82) is 0 Å². The van der Waals surface area contributed by atoms with Crippen LogP contribution in [0.4, 0.5) is 5.69 Å². The molecule has 0 aliphatic carbocycles. The molecule has 0 radical (unpaired) electrons. The van der Waals surface area contributed by atoms with Gasteiger partial charge in [0.25, 0.3) is 0 Å². The first-order valence-electron chi connectivity index (χ1n) is 4.55. The number of hydrogen-bond acceptors (Lipinski definition) is 4. The minimum Gasteiger partial charge on any atom is -0.398 e. The van der Waals surface area contributed by atoms with Crippen molar-refractivity contribution in [2.24, 2.45) is 0 Å². The molecule has 16 heavy (non-hydrogen) atoms. The third kappa shape index (κ3) is 3.18. The summed E-state index contributed by atoms with van der Waals surface area (Å²) in [7, 11) is -3.62. The number of aliphatic hydroxyl groups is 1. The Morgan fingerprint density at radius 1 is 1.56 bits per heavy atom. The maximum atomic E-state index is 11.8. The van der Waals surface area contributed by atoms with Crippen LogP contribution < -0.4 is 10.5 Å². The highest BCUT2D eigenvalue weighted by Gasteiger charge is 2.17. The number of sulfonamides is 1. The number of benzene rings is 1. The van der Waals surface area contributed by atoms with Gasteiger partial charge in [-0.25, -0.2) is 13.1 Å². The van der Waals surface area contributed by atoms with Crippen LogP contribution in [0.1, 0.15) is 6.92 Å². The molecule has 0 spiro atoms. The van der Waals surface area contributed by atoms with Gasteiger partial charge in [0.1, 0.15) is 0 Å². The van der Waals surface area contributed by atoms with Gasteiger partial charge < -0.3 is 10.8 Å². The molecule has 0 aliphatic heterocycles. The van der Waals surface area contributed by atoms with Crippen LogP contribution in [0.2, 0.25) is 0 Å². The van der Waals surface area contributed by atoms with Gasteiger partial charge in [-0.15, -0.1) is 0 Å². The second-order valence-corrected chi connectivity index (χ2v) is 5.96. The van der Waals surface area contributed by atoms with Crippen LogP contribution in [0.15, 0.2) is 27.6 Å². The predicted octanol–water partition coefficient (Wildman–Crippen LogP) is 0.690. The molecule has 7 heteroatoms. The first-order valence-corrected chi connectivity index (χ1v) is 6.82. The van der Waals surface area contributed by atoms with Gasteiger partial charge in [0.2, 0.25) is 10.0 Å². The first kappa shape index (κ1) is 13.4. The molecule has 0 aromatic heterocycles. The molecule has 90 valence electrons. The van der Waals surface area contributed by atoms with Crippen LogP contribution >= 0.6 is 15.9 Å². The maximum Gasteiger partial charge on any atom is 0.240 e. The number of nitrogens with one attached hydrogen (secondary N) is 1. The van der Waals surface area contributed by atoms with E-state index in [-0.39, 0.29) is 11.5 Å². The van der Waals surface area contributed by atoms with Crippen LogP contribution in [0.25, 0.3) is 0 Å². The van der Waals surface area contributed by atoms with Crippen LogP contribution in [-0.4, -0.2) is 26.2 Å². The summed E-state index contributed by atoms with van der Waals surface area (Å²) in [6.45, 7) is 1.31. The quantitative estimate of drug-likeness (QED) is 0.714. The van der Waals surface area contributed by atoms with Crippen molar-refractivity contribution in [3.05, 3.63) is 22.7 Å². The van der Waals surface area contributed by atoms with E-state index in [0.717, 1.165) is 0 Å². The minimum absolute atomic E-state index is 0.0773. The van der Waals surface area contributed by atoms with Gasteiger partial charge in [0, 0.05) is 16.2 Å². The van der Waals surface area contributed by atoms with E-state index in [1.807, 2.05) is 0 Å². The lowest BCUT2D eigenvalue weighted by Crippen LogP contribution is -2.35. The average molecular weight is 309 g/mol. The third-order valence-electron chi connectivity index (χ3n) is 1.91. The number of hydrogen-bond donors (Lipinski definition) is 3. The summed E-state index contributed by atoms with van der Waals surface area (Å²) in [6.07, 6.45) is 0. The summed E-state index contributed by atoms with van der Waals surface area (Å²) >= 11 is 3.18. The van der Waals surface area contributed by atoms with E-state index < -0.39 is 16.1 Å². The van der Waals surface area contributed by atoms with Crippen molar-refractivity contribution in [3.63, 3.8) is 0 Å². The van der Waals surface area contributed by atoms with Crippen LogP contribution in [0, 0.1) is 0 Å². The molecule has 5 nitrogen and oxygen atoms in total. The van der Waals surface area contributed by atoms with E-state index in [0.29, 0.717) is 10.2 Å². The third-order valence-corrected chi connectivity index (χ3v) is 4.22. The lowest BCUT2D eigenvalue weighted by molar-refractivity contribution is 0.265. The van der Waals surface area contributed by atoms with Gasteiger partial charge >= 0.3 is 0 Å². The Bertz CT molecular complexity index is 476. The molecule has 0 amide bonds. The van der Waals surface area contributed by atoms with E-state index in [2.05, 4.69) is 20.7 Å². The zero-order valence-corrected chi connectivity index (χ0v) is 11.0. The van der Waals surface area contributed by atoms with Crippen molar-refractivity contribution in [1.82, 2.24) is 4.72 Å². The Hall–Kier alpha value is -0.630. The minimum atomic E-state index is -3.62. The highest BCUT2D eigenvalue weighted by atomic mass is 79.9. The molecule has 1 aromatic rings. The van der Waals surface area contributed by atoms with Gasteiger partial charge in [0.15, 0.2) is 0 Å². The summed E-state index contributed by atoms with van der Waals surface area (Å²) in [5.74, 6) is 0. The van der Waals surface area contributed by atoms with Gasteiger partial charge in [-0.3, -0.25) is 0 Å². The summed E-state index contributed by atoms with van der Waals surface area (Å²) < 4.78 is 26.5. The summed E-state index contributed by atoms with van der Waals surface area (Å²) in [5.41, 5.74) is 5.94. The normalized spacial score (nSPS) is 13.7. The number of nitrogen functional groups attached to an aromatic ring is 1. The van der Waals surface area contributed by atoms with Gasteiger partial charge in [-0.2, -0.15) is 0 Å². The topological polar surface area (TPSA) is 92.4 Å². The lowest BCUT2D eigenvalue weighted by atomic mass is 10.3. The second-order valence-electron chi connectivity index (χ2n) is 3.39. The highest BCUT2D eigenvalue weighted by molar-refractivity contribution is 9.10. The molecule has 1 rings (SSSR count). The summed E-state index contributed by atoms with van der Waals surface area (Å²) in [4.78, 5) is 0.0773. The smallest absolute Gasteiger partial charge is 0.240 e. The van der Waals surface area contributed by atoms with Crippen molar-refractivity contribution >= 4 is 31.6 Å². The lowest BCUT2D eigenvalue weighted by Gasteiger charge is -2.12. The standard InChI is InChI=1S/C9H13BrN2O3S/c1-6(5-13)12-16(14,15)7-2-3-8(10)9(11)4-7/h2-4,6,12-13H,5,11H2,1H3/t6-/m1/s1. The number of aliphatic hydroxyl groups excluding tert-OH is 1. The number of anilines is 1. The highest BCUT2D eigenvalue weighted by Crippen LogP contribution is 2.22. The molecule has 1 atom stereocenters. The summed E-state index contributed by atoms with van der Waals surface area (Å²) in [5, 5.41) is 8.78. The monoisotopic (exact) mass is 308 g/mol. The molecule has 4 N–H and O–H groups in total. The zero-order valence-electron chi connectivity index (χ0n) is 8.64. The molecule has 0 saturated carbocycles. The Morgan fingerprint density at radius 3 is 2.69 bits per heavy atom. The fraction of sp³-hybridized carbons (Fsp3) is 0.333. The van der Waals surface area contributed by atoms with Crippen LogP contribution in [0.3, 0.4) is 0 Å². The van der Waals surface area contributed by atoms with Crippen molar-refractivity contribution in [3.8, 4) is 0 Å². The molecule has 0 aliphatic rings. The zero-order chi connectivity index (χ0) is 12.3. The molecular formula is C9H13BrN2O3S. The molecule has 0 saturated heterocycles. The average Bonchev–Trinajstić information content (AvgIpc) is 2.21. The van der Waals surface area contributed by atoms with Gasteiger partial charge in [-0.05, 0) is 41.1 Å². The molecule has 0 heterocycles. The summed E-state index contributed by atoms with van der Waals surface area (Å²) in [6, 6.07) is 3.83. The Morgan fingerprint density at radius 2 is 2.19 bits per heavy atom. The van der Waals surface area contributed by atoms with Crippen molar-refractivity contribution in [2.75, 3.05) is 12.3 Å². The van der Waals surface area contributed by atoms with Crippen LogP contribution in [-0.2, 0) is 10.0 Å². The van der Waals surface area contributed by atoms with E-state index in [1.165, 1.54) is 12.1 Å². The predicted molar refractivity (Wildman–Crippen MR) is 65.4 cm³/mol. The van der Waals surface area contributed by atoms with Crippen molar-refractivity contribution in [2.45, 2.75) is 17.9 Å². The SMILES string of the molecule is C[C@H](CO)NS(=O)(=O)c1ccc(Br)c(N)c1. The van der Waals surface area contributed by atoms with Gasteiger partial charge in [0.05, 0.1) is 11.5 Å². The van der Waals surface area contributed by atoms with Crippen LogP contribution in [0.5, 0.6) is 0 Å². The number of halogens is 1. The molecule has 0 fully saturated rings. The Labute approximate surface area is 103 Å². The number of rotatable bonds is 4. The Kier molecular flexibility index (Phi) is 4.31. The maximum absolute atomic E-state index is 11.8. The second kappa shape index (κ2) is 5.13. The van der Waals surface area contributed by atoms with Gasteiger partial charge in [-0.1, -0.05) is 0 Å². The molecule has 0 bridgehead atoms. The van der Waals surface area contributed by atoms with E-state index in [4.69, 9.17) is 10.8 Å². The largest absolute Gasteiger partial charge is 0.398 e. The molecule has 1 aromatic carbocycles. The first-order chi connectivity index (χ1) is 7.36. The fourth-order valence-corrected chi connectivity index (χ4v) is 2.58. The van der Waals surface area contributed by atoms with E-state index >= 15 is 0 Å². The molecule has 0 unspecified atom stereocenters. The fourth-order valence-electron chi connectivity index (χ4n) is 1.06. The van der Waals surface area contributed by atoms with Crippen molar-refractivity contribution < 1.29 is 13.5 Å². The molecular weight excluding hydrogens is 296 g/mol. The number of nitrogens with two attached hydrogens (primary N) is 1.